The Kier molecular flexibility index (Phi) is 3.07. The van der Waals surface area contributed by atoms with Crippen molar-refractivity contribution in [2.24, 2.45) is 0 Å². The van der Waals surface area contributed by atoms with Gasteiger partial charge >= 0.3 is 0 Å². The van der Waals surface area contributed by atoms with Crippen LogP contribution in [-0.4, -0.2) is 26.8 Å². The summed E-state index contributed by atoms with van der Waals surface area (Å²) in [6, 6.07) is 9.22. The topological polar surface area (TPSA) is 72.1 Å². The number of nitrogens with zero attached hydrogens (tertiary/aromatic N) is 3. The van der Waals surface area contributed by atoms with Crippen molar-refractivity contribution in [1.29, 1.82) is 0 Å². The van der Waals surface area contributed by atoms with Crippen molar-refractivity contribution in [3.05, 3.63) is 53.2 Å². The van der Waals surface area contributed by atoms with Gasteiger partial charge in [-0.05, 0) is 31.9 Å². The number of nitrogens with two attached hydrogens (primary N) is 1. The van der Waals surface area contributed by atoms with Gasteiger partial charge in [-0.2, -0.15) is 4.39 Å². The van der Waals surface area contributed by atoms with Crippen molar-refractivity contribution < 1.29 is 9.18 Å². The van der Waals surface area contributed by atoms with Crippen LogP contribution < -0.4 is 5.73 Å². The molecule has 5 nitrogen and oxygen atoms in total. The molecule has 3 heterocycles. The number of fused-ring (bicyclic) bond motifs is 2. The maximum Gasteiger partial charge on any atom is 0.258 e. The number of rotatable bonds is 2. The van der Waals surface area contributed by atoms with E-state index in [1.807, 2.05) is 17.0 Å². The SMILES string of the molecule is Cc1ccc(-c2cccc3c(N)c4c(nc23)CN(C2CC2)C4=O)c(F)n1. The predicted octanol–water partition coefficient (Wildman–Crippen LogP) is 3.44. The van der Waals surface area contributed by atoms with Gasteiger partial charge in [-0.15, -0.1) is 0 Å². The molecule has 0 radical (unpaired) electrons. The summed E-state index contributed by atoms with van der Waals surface area (Å²) in [5.41, 5.74) is 10.2. The minimum atomic E-state index is -0.533. The van der Waals surface area contributed by atoms with Crippen LogP contribution in [0.4, 0.5) is 10.1 Å². The molecule has 0 unspecified atom stereocenters. The van der Waals surface area contributed by atoms with Crippen LogP contribution in [0, 0.1) is 12.9 Å². The van der Waals surface area contributed by atoms with Gasteiger partial charge in [-0.25, -0.2) is 9.97 Å². The van der Waals surface area contributed by atoms with E-state index in [-0.39, 0.29) is 5.91 Å². The Balaban J connectivity index is 1.75. The fourth-order valence-electron chi connectivity index (χ4n) is 3.72. The van der Waals surface area contributed by atoms with Gasteiger partial charge in [0.25, 0.3) is 5.91 Å². The van der Waals surface area contributed by atoms with E-state index in [0.29, 0.717) is 57.3 Å². The van der Waals surface area contributed by atoms with Gasteiger partial charge in [-0.3, -0.25) is 4.79 Å². The number of carbonyl (C=O) groups is 1. The highest BCUT2D eigenvalue weighted by atomic mass is 19.1. The molecule has 5 rings (SSSR count). The zero-order valence-electron chi connectivity index (χ0n) is 14.3. The normalized spacial score (nSPS) is 16.4. The molecule has 130 valence electrons. The highest BCUT2D eigenvalue weighted by Gasteiger charge is 2.40. The molecular formula is C20H17FN4O. The summed E-state index contributed by atoms with van der Waals surface area (Å²) in [7, 11) is 0. The fraction of sp³-hybridized carbons (Fsp3) is 0.250. The Morgan fingerprint density at radius 1 is 1.15 bits per heavy atom. The van der Waals surface area contributed by atoms with Crippen molar-refractivity contribution in [3.8, 4) is 11.1 Å². The van der Waals surface area contributed by atoms with Crippen LogP contribution in [0.1, 0.15) is 34.6 Å². The van der Waals surface area contributed by atoms with Crippen molar-refractivity contribution in [2.75, 3.05) is 5.73 Å². The van der Waals surface area contributed by atoms with Crippen molar-refractivity contribution >= 4 is 22.5 Å². The minimum Gasteiger partial charge on any atom is -0.397 e. The lowest BCUT2D eigenvalue weighted by atomic mass is 10.00. The molecule has 1 aromatic carbocycles. The summed E-state index contributed by atoms with van der Waals surface area (Å²) in [5, 5.41) is 0.673. The quantitative estimate of drug-likeness (QED) is 0.720. The zero-order valence-corrected chi connectivity index (χ0v) is 14.3. The largest absolute Gasteiger partial charge is 0.397 e. The number of halogens is 1. The lowest BCUT2D eigenvalue weighted by Gasteiger charge is -2.13. The van der Waals surface area contributed by atoms with Gasteiger partial charge in [0.05, 0.1) is 29.0 Å². The van der Waals surface area contributed by atoms with E-state index in [9.17, 15) is 9.18 Å². The monoisotopic (exact) mass is 348 g/mol. The van der Waals surface area contributed by atoms with E-state index < -0.39 is 5.95 Å². The molecule has 2 N–H and O–H groups in total. The molecule has 1 fully saturated rings. The Morgan fingerprint density at radius 2 is 1.96 bits per heavy atom. The average molecular weight is 348 g/mol. The van der Waals surface area contributed by atoms with Gasteiger partial charge in [0, 0.05) is 28.2 Å². The van der Waals surface area contributed by atoms with E-state index in [1.54, 1.807) is 25.1 Å². The summed E-state index contributed by atoms with van der Waals surface area (Å²) in [5.74, 6) is -0.572. The Morgan fingerprint density at radius 3 is 2.69 bits per heavy atom. The smallest absolute Gasteiger partial charge is 0.258 e. The molecule has 1 amide bonds. The molecule has 26 heavy (non-hydrogen) atoms. The van der Waals surface area contributed by atoms with Crippen LogP contribution in [0.25, 0.3) is 22.0 Å². The number of hydrogen-bond acceptors (Lipinski definition) is 4. The molecule has 1 aliphatic carbocycles. The van der Waals surface area contributed by atoms with Gasteiger partial charge < -0.3 is 10.6 Å². The number of anilines is 1. The summed E-state index contributed by atoms with van der Waals surface area (Å²) in [6.45, 7) is 2.22. The van der Waals surface area contributed by atoms with E-state index in [0.717, 1.165) is 12.8 Å². The maximum atomic E-state index is 14.4. The first-order chi connectivity index (χ1) is 12.5. The lowest BCUT2D eigenvalue weighted by Crippen LogP contribution is -2.26. The molecule has 2 aromatic heterocycles. The first-order valence-electron chi connectivity index (χ1n) is 8.70. The third-order valence-electron chi connectivity index (χ3n) is 5.19. The number of aryl methyl sites for hydroxylation is 1. The van der Waals surface area contributed by atoms with E-state index in [1.165, 1.54) is 0 Å². The van der Waals surface area contributed by atoms with Gasteiger partial charge in [0.1, 0.15) is 0 Å². The first-order valence-corrected chi connectivity index (χ1v) is 8.70. The number of benzene rings is 1. The number of para-hydroxylation sites is 1. The number of carbonyl (C=O) groups excluding carboxylic acids is 1. The van der Waals surface area contributed by atoms with E-state index in [4.69, 9.17) is 10.7 Å². The number of hydrogen-bond donors (Lipinski definition) is 1. The van der Waals surface area contributed by atoms with Crippen LogP contribution in [0.2, 0.25) is 0 Å². The molecule has 0 spiro atoms. The van der Waals surface area contributed by atoms with Gasteiger partial charge in [-0.1, -0.05) is 18.2 Å². The highest BCUT2D eigenvalue weighted by Crippen LogP contribution is 2.40. The Labute approximate surface area is 149 Å². The molecule has 3 aromatic rings. The molecule has 1 saturated carbocycles. The molecule has 6 heteroatoms. The van der Waals surface area contributed by atoms with Crippen LogP contribution >= 0.6 is 0 Å². The summed E-state index contributed by atoms with van der Waals surface area (Å²) < 4.78 is 14.4. The molecule has 0 atom stereocenters. The van der Waals surface area contributed by atoms with Crippen molar-refractivity contribution in [2.45, 2.75) is 32.4 Å². The Bertz CT molecular complexity index is 1090. The van der Waals surface area contributed by atoms with Crippen molar-refractivity contribution in [1.82, 2.24) is 14.9 Å². The van der Waals surface area contributed by atoms with Gasteiger partial charge in [0.2, 0.25) is 5.95 Å². The summed E-state index contributed by atoms with van der Waals surface area (Å²) in [4.78, 5) is 23.2. The van der Waals surface area contributed by atoms with Crippen LogP contribution in [0.5, 0.6) is 0 Å². The molecule has 0 saturated heterocycles. The third-order valence-corrected chi connectivity index (χ3v) is 5.19. The standard InChI is InChI=1S/C20H17FN4O/c1-10-5-8-13(19(21)23-10)12-3-2-4-14-17(22)16-15(24-18(12)14)9-25(20(16)26)11-6-7-11/h2-5,8,11H,6-7,9H2,1H3,(H2,22,24). The third kappa shape index (κ3) is 2.11. The number of nitrogen functional groups attached to an aromatic ring is 1. The number of aromatic nitrogens is 2. The molecule has 0 bridgehead atoms. The van der Waals surface area contributed by atoms with Gasteiger partial charge in [0.15, 0.2) is 0 Å². The summed E-state index contributed by atoms with van der Waals surface area (Å²) >= 11 is 0. The maximum absolute atomic E-state index is 14.4. The lowest BCUT2D eigenvalue weighted by molar-refractivity contribution is 0.0767. The number of amides is 1. The van der Waals surface area contributed by atoms with E-state index >= 15 is 0 Å². The second kappa shape index (κ2) is 5.24. The number of pyridine rings is 2. The van der Waals surface area contributed by atoms with Crippen molar-refractivity contribution in [3.63, 3.8) is 0 Å². The Hall–Kier alpha value is -3.02. The second-order valence-corrected chi connectivity index (χ2v) is 7.00. The minimum absolute atomic E-state index is 0.0389. The van der Waals surface area contributed by atoms with Crippen LogP contribution in [-0.2, 0) is 6.54 Å². The predicted molar refractivity (Wildman–Crippen MR) is 97.0 cm³/mol. The second-order valence-electron chi connectivity index (χ2n) is 7.00. The molecular weight excluding hydrogens is 331 g/mol. The highest BCUT2D eigenvalue weighted by molar-refractivity contribution is 6.11. The zero-order chi connectivity index (χ0) is 18.0. The van der Waals surface area contributed by atoms with Crippen LogP contribution in [0.3, 0.4) is 0 Å². The molecule has 2 aliphatic rings. The van der Waals surface area contributed by atoms with E-state index in [2.05, 4.69) is 4.98 Å². The summed E-state index contributed by atoms with van der Waals surface area (Å²) in [6.07, 6.45) is 2.06. The average Bonchev–Trinajstić information content (AvgIpc) is 3.39. The van der Waals surface area contributed by atoms with Crippen LogP contribution in [0.15, 0.2) is 30.3 Å². The first kappa shape index (κ1) is 15.3. The fourth-order valence-corrected chi connectivity index (χ4v) is 3.72. The molecule has 1 aliphatic heterocycles.